The smallest absolute Gasteiger partial charge is 0.326 e. The number of likely N-dealkylation sites (tertiary alicyclic amines) is 1. The van der Waals surface area contributed by atoms with Crippen molar-refractivity contribution in [3.8, 4) is 0 Å². The fourth-order valence-electron chi connectivity index (χ4n) is 2.31. The quantitative estimate of drug-likeness (QED) is 0.799. The molecule has 0 aromatic rings. The number of thioether (sulfide) groups is 1. The fraction of sp³-hybridized carbons (Fsp3) is 0.833. The van der Waals surface area contributed by atoms with Gasteiger partial charge in [-0.1, -0.05) is 6.92 Å². The number of hydrogen-bond acceptors (Lipinski definition) is 3. The van der Waals surface area contributed by atoms with Crippen molar-refractivity contribution in [1.82, 2.24) is 10.2 Å². The van der Waals surface area contributed by atoms with Crippen molar-refractivity contribution in [2.24, 2.45) is 5.92 Å². The van der Waals surface area contributed by atoms with Crippen LogP contribution < -0.4 is 5.32 Å². The van der Waals surface area contributed by atoms with Gasteiger partial charge in [0.25, 0.3) is 0 Å². The molecule has 5 nitrogen and oxygen atoms in total. The summed E-state index contributed by atoms with van der Waals surface area (Å²) in [7, 11) is 0. The van der Waals surface area contributed by atoms with E-state index < -0.39 is 12.0 Å². The van der Waals surface area contributed by atoms with E-state index >= 15 is 0 Å². The molecule has 2 N–H and O–H groups in total. The van der Waals surface area contributed by atoms with Crippen LogP contribution in [0.5, 0.6) is 0 Å². The summed E-state index contributed by atoms with van der Waals surface area (Å²) in [4.78, 5) is 24.8. The zero-order chi connectivity index (χ0) is 13.7. The maximum Gasteiger partial charge on any atom is 0.326 e. The number of rotatable bonds is 5. The highest BCUT2D eigenvalue weighted by atomic mass is 32.2. The van der Waals surface area contributed by atoms with Crippen molar-refractivity contribution < 1.29 is 14.7 Å². The summed E-state index contributed by atoms with van der Waals surface area (Å²) in [6, 6.07) is -0.844. The number of amides is 2. The molecule has 0 aromatic carbocycles. The van der Waals surface area contributed by atoms with Gasteiger partial charge in [0.2, 0.25) is 0 Å². The molecule has 1 aliphatic heterocycles. The maximum atomic E-state index is 12.0. The lowest BCUT2D eigenvalue weighted by molar-refractivity contribution is -0.139. The Morgan fingerprint density at radius 3 is 2.61 bits per heavy atom. The molecule has 0 aliphatic carbocycles. The standard InChI is InChI=1S/C12H22N2O3S/c1-8-6-9(2)14(7-8)12(17)13-10(11(15)16)4-5-18-3/h8-10H,4-7H2,1-3H3,(H,13,17)(H,15,16). The fourth-order valence-corrected chi connectivity index (χ4v) is 2.78. The van der Waals surface area contributed by atoms with E-state index in [1.165, 1.54) is 0 Å². The van der Waals surface area contributed by atoms with Crippen molar-refractivity contribution >= 4 is 23.8 Å². The third-order valence-electron chi connectivity index (χ3n) is 3.25. The van der Waals surface area contributed by atoms with E-state index in [0.717, 1.165) is 12.2 Å². The van der Waals surface area contributed by atoms with Gasteiger partial charge in [-0.3, -0.25) is 0 Å². The van der Waals surface area contributed by atoms with Gasteiger partial charge in [0.15, 0.2) is 0 Å². The highest BCUT2D eigenvalue weighted by Gasteiger charge is 2.31. The molecule has 2 amide bonds. The van der Waals surface area contributed by atoms with Crippen LogP contribution in [-0.2, 0) is 4.79 Å². The number of urea groups is 1. The molecule has 3 unspecified atom stereocenters. The largest absolute Gasteiger partial charge is 0.480 e. The molecule has 1 heterocycles. The van der Waals surface area contributed by atoms with E-state index in [2.05, 4.69) is 12.2 Å². The Bertz CT molecular complexity index is 312. The molecule has 0 aromatic heterocycles. The predicted molar refractivity (Wildman–Crippen MR) is 72.9 cm³/mol. The summed E-state index contributed by atoms with van der Waals surface area (Å²) >= 11 is 1.58. The molecule has 0 saturated carbocycles. The Balaban J connectivity index is 2.53. The van der Waals surface area contributed by atoms with E-state index in [1.807, 2.05) is 13.2 Å². The van der Waals surface area contributed by atoms with Crippen LogP contribution in [0.25, 0.3) is 0 Å². The molecule has 104 valence electrons. The van der Waals surface area contributed by atoms with Crippen molar-refractivity contribution in [2.75, 3.05) is 18.6 Å². The number of carboxylic acids is 1. The summed E-state index contributed by atoms with van der Waals surface area (Å²) in [6.07, 6.45) is 3.36. The van der Waals surface area contributed by atoms with Crippen LogP contribution in [-0.4, -0.2) is 52.6 Å². The van der Waals surface area contributed by atoms with Gasteiger partial charge in [0.05, 0.1) is 0 Å². The lowest BCUT2D eigenvalue weighted by atomic mass is 10.1. The van der Waals surface area contributed by atoms with Gasteiger partial charge in [-0.2, -0.15) is 11.8 Å². The molecule has 1 rings (SSSR count). The second-order valence-electron chi connectivity index (χ2n) is 4.96. The molecular weight excluding hydrogens is 252 g/mol. The highest BCUT2D eigenvalue weighted by Crippen LogP contribution is 2.22. The predicted octanol–water partition coefficient (Wildman–Crippen LogP) is 1.63. The first-order valence-electron chi connectivity index (χ1n) is 6.24. The van der Waals surface area contributed by atoms with Crippen molar-refractivity contribution in [3.63, 3.8) is 0 Å². The minimum absolute atomic E-state index is 0.190. The third kappa shape index (κ3) is 4.08. The molecule has 3 atom stereocenters. The SMILES string of the molecule is CSCCC(NC(=O)N1CC(C)CC1C)C(=O)O. The molecular formula is C12H22N2O3S. The Morgan fingerprint density at radius 1 is 1.50 bits per heavy atom. The maximum absolute atomic E-state index is 12.0. The minimum Gasteiger partial charge on any atom is -0.480 e. The number of hydrogen-bond donors (Lipinski definition) is 2. The third-order valence-corrected chi connectivity index (χ3v) is 3.90. The monoisotopic (exact) mass is 274 g/mol. The number of nitrogens with one attached hydrogen (secondary N) is 1. The van der Waals surface area contributed by atoms with Gasteiger partial charge in [0.1, 0.15) is 6.04 Å². The van der Waals surface area contributed by atoms with Gasteiger partial charge in [-0.05, 0) is 37.7 Å². The van der Waals surface area contributed by atoms with E-state index in [1.54, 1.807) is 16.7 Å². The summed E-state index contributed by atoms with van der Waals surface area (Å²) in [5, 5.41) is 11.7. The van der Waals surface area contributed by atoms with Crippen molar-refractivity contribution in [2.45, 2.75) is 38.8 Å². The Morgan fingerprint density at radius 2 is 2.17 bits per heavy atom. The van der Waals surface area contributed by atoms with Crippen LogP contribution >= 0.6 is 11.8 Å². The summed E-state index contributed by atoms with van der Waals surface area (Å²) in [5.74, 6) is 0.251. The second kappa shape index (κ2) is 6.87. The van der Waals surface area contributed by atoms with Crippen molar-refractivity contribution in [3.05, 3.63) is 0 Å². The topological polar surface area (TPSA) is 69.6 Å². The average molecular weight is 274 g/mol. The lowest BCUT2D eigenvalue weighted by Crippen LogP contribution is -2.49. The van der Waals surface area contributed by atoms with Crippen LogP contribution in [0.2, 0.25) is 0 Å². The molecule has 0 radical (unpaired) electrons. The molecule has 1 aliphatic rings. The van der Waals surface area contributed by atoms with Gasteiger partial charge in [0, 0.05) is 12.6 Å². The zero-order valence-electron chi connectivity index (χ0n) is 11.2. The Hall–Kier alpha value is -0.910. The molecule has 1 fully saturated rings. The Labute approximate surface area is 112 Å². The Kier molecular flexibility index (Phi) is 5.78. The second-order valence-corrected chi connectivity index (χ2v) is 5.95. The van der Waals surface area contributed by atoms with Gasteiger partial charge >= 0.3 is 12.0 Å². The summed E-state index contributed by atoms with van der Waals surface area (Å²) in [6.45, 7) is 4.81. The average Bonchev–Trinajstić information content (AvgIpc) is 2.63. The van der Waals surface area contributed by atoms with Gasteiger partial charge in [-0.25, -0.2) is 9.59 Å². The number of aliphatic carboxylic acids is 1. The van der Waals surface area contributed by atoms with E-state index in [9.17, 15) is 9.59 Å². The normalized spacial score (nSPS) is 24.9. The zero-order valence-corrected chi connectivity index (χ0v) is 12.0. The van der Waals surface area contributed by atoms with Crippen LogP contribution in [0, 0.1) is 5.92 Å². The van der Waals surface area contributed by atoms with E-state index in [-0.39, 0.29) is 12.1 Å². The van der Waals surface area contributed by atoms with Crippen LogP contribution in [0.1, 0.15) is 26.7 Å². The molecule has 6 heteroatoms. The van der Waals surface area contributed by atoms with E-state index in [4.69, 9.17) is 5.11 Å². The number of carboxylic acid groups (broad SMARTS) is 1. The van der Waals surface area contributed by atoms with Gasteiger partial charge in [-0.15, -0.1) is 0 Å². The molecule has 18 heavy (non-hydrogen) atoms. The van der Waals surface area contributed by atoms with Crippen LogP contribution in [0.3, 0.4) is 0 Å². The first-order chi connectivity index (χ1) is 8.45. The van der Waals surface area contributed by atoms with Gasteiger partial charge < -0.3 is 15.3 Å². The van der Waals surface area contributed by atoms with Crippen LogP contribution in [0.4, 0.5) is 4.79 Å². The lowest BCUT2D eigenvalue weighted by Gasteiger charge is -2.24. The number of carbonyl (C=O) groups is 2. The number of carbonyl (C=O) groups excluding carboxylic acids is 1. The van der Waals surface area contributed by atoms with E-state index in [0.29, 0.717) is 18.9 Å². The minimum atomic E-state index is -0.961. The molecule has 1 saturated heterocycles. The molecule has 0 bridgehead atoms. The first-order valence-corrected chi connectivity index (χ1v) is 7.64. The summed E-state index contributed by atoms with van der Waals surface area (Å²) in [5.41, 5.74) is 0. The van der Waals surface area contributed by atoms with Crippen molar-refractivity contribution in [1.29, 1.82) is 0 Å². The molecule has 0 spiro atoms. The summed E-state index contributed by atoms with van der Waals surface area (Å²) < 4.78 is 0. The highest BCUT2D eigenvalue weighted by molar-refractivity contribution is 7.98. The van der Waals surface area contributed by atoms with Crippen LogP contribution in [0.15, 0.2) is 0 Å². The number of nitrogens with zero attached hydrogens (tertiary/aromatic N) is 1. The first kappa shape index (κ1) is 15.1.